The fourth-order valence-electron chi connectivity index (χ4n) is 2.90. The van der Waals surface area contributed by atoms with Crippen LogP contribution in [0.2, 0.25) is 0 Å². The van der Waals surface area contributed by atoms with Crippen LogP contribution in [-0.2, 0) is 13.0 Å². The number of nitrogens with zero attached hydrogens (tertiary/aromatic N) is 2. The van der Waals surface area contributed by atoms with Gasteiger partial charge in [0.05, 0.1) is 24.2 Å². The van der Waals surface area contributed by atoms with E-state index in [1.54, 1.807) is 29.7 Å². The lowest BCUT2D eigenvalue weighted by atomic mass is 10.1. The summed E-state index contributed by atoms with van der Waals surface area (Å²) in [6, 6.07) is 18.6. The summed E-state index contributed by atoms with van der Waals surface area (Å²) in [5, 5.41) is 2.10. The number of hydrogen-bond donors (Lipinski definition) is 0. The van der Waals surface area contributed by atoms with Gasteiger partial charge in [0.25, 0.3) is 0 Å². The van der Waals surface area contributed by atoms with Crippen molar-refractivity contribution in [1.29, 1.82) is 0 Å². The molecule has 4 aromatic rings. The number of halogens is 1. The van der Waals surface area contributed by atoms with Crippen molar-refractivity contribution < 1.29 is 8.81 Å². The largest absolute Gasteiger partial charge is 0.467 e. The molecule has 5 heteroatoms. The lowest BCUT2D eigenvalue weighted by Gasteiger charge is -2.08. The molecule has 27 heavy (non-hydrogen) atoms. The number of thiazole rings is 1. The van der Waals surface area contributed by atoms with Gasteiger partial charge in [0.1, 0.15) is 11.6 Å². The normalized spacial score (nSPS) is 11.9. The van der Waals surface area contributed by atoms with Gasteiger partial charge in [0, 0.05) is 5.38 Å². The highest BCUT2D eigenvalue weighted by molar-refractivity contribution is 7.07. The first kappa shape index (κ1) is 17.5. The molecule has 2 heterocycles. The van der Waals surface area contributed by atoms with E-state index in [-0.39, 0.29) is 5.82 Å². The Morgan fingerprint density at radius 3 is 2.48 bits per heavy atom. The zero-order valence-corrected chi connectivity index (χ0v) is 15.7. The number of furan rings is 1. The molecule has 0 amide bonds. The fourth-order valence-corrected chi connectivity index (χ4v) is 3.83. The SMILES string of the molecule is CCc1ccc(-c2csc(=Nc3ccc(F)cc3)n2Cc2ccco2)cc1. The molecule has 0 aliphatic carbocycles. The number of aryl methyl sites for hydroxylation is 1. The molecule has 2 aromatic carbocycles. The highest BCUT2D eigenvalue weighted by atomic mass is 32.1. The van der Waals surface area contributed by atoms with Crippen LogP contribution in [0.4, 0.5) is 10.1 Å². The number of hydrogen-bond acceptors (Lipinski definition) is 3. The second kappa shape index (κ2) is 7.76. The number of aromatic nitrogens is 1. The molecule has 0 N–H and O–H groups in total. The van der Waals surface area contributed by atoms with E-state index in [2.05, 4.69) is 41.1 Å². The highest BCUT2D eigenvalue weighted by Crippen LogP contribution is 2.23. The summed E-state index contributed by atoms with van der Waals surface area (Å²) >= 11 is 1.56. The van der Waals surface area contributed by atoms with Crippen LogP contribution >= 0.6 is 11.3 Å². The summed E-state index contributed by atoms with van der Waals surface area (Å²) in [7, 11) is 0. The van der Waals surface area contributed by atoms with Gasteiger partial charge >= 0.3 is 0 Å². The Morgan fingerprint density at radius 2 is 1.81 bits per heavy atom. The van der Waals surface area contributed by atoms with Crippen molar-refractivity contribution >= 4 is 17.0 Å². The van der Waals surface area contributed by atoms with Gasteiger partial charge < -0.3 is 8.98 Å². The van der Waals surface area contributed by atoms with E-state index in [4.69, 9.17) is 9.41 Å². The van der Waals surface area contributed by atoms with Crippen molar-refractivity contribution in [3.8, 4) is 11.3 Å². The van der Waals surface area contributed by atoms with E-state index in [9.17, 15) is 4.39 Å². The molecular formula is C22H19FN2OS. The number of benzene rings is 2. The molecule has 0 atom stereocenters. The summed E-state index contributed by atoms with van der Waals surface area (Å²) in [6.07, 6.45) is 2.69. The van der Waals surface area contributed by atoms with Crippen LogP contribution in [0.25, 0.3) is 11.3 Å². The average molecular weight is 378 g/mol. The molecule has 0 aliphatic rings. The average Bonchev–Trinajstić information content (AvgIpc) is 3.35. The molecule has 136 valence electrons. The molecule has 2 aromatic heterocycles. The second-order valence-electron chi connectivity index (χ2n) is 6.21. The van der Waals surface area contributed by atoms with Crippen LogP contribution in [-0.4, -0.2) is 4.57 Å². The first-order valence-corrected chi connectivity index (χ1v) is 9.71. The van der Waals surface area contributed by atoms with E-state index < -0.39 is 0 Å². The van der Waals surface area contributed by atoms with Crippen molar-refractivity contribution in [3.05, 3.63) is 94.2 Å². The van der Waals surface area contributed by atoms with E-state index in [1.807, 2.05) is 12.1 Å². The molecule has 4 rings (SSSR count). The Kier molecular flexibility index (Phi) is 5.03. The van der Waals surface area contributed by atoms with E-state index >= 15 is 0 Å². The molecule has 0 radical (unpaired) electrons. The molecule has 3 nitrogen and oxygen atoms in total. The molecule has 0 saturated heterocycles. The molecule has 0 spiro atoms. The molecule has 0 saturated carbocycles. The van der Waals surface area contributed by atoms with Gasteiger partial charge in [-0.1, -0.05) is 31.2 Å². The Balaban J connectivity index is 1.81. The minimum Gasteiger partial charge on any atom is -0.467 e. The van der Waals surface area contributed by atoms with Crippen LogP contribution in [0.1, 0.15) is 18.2 Å². The van der Waals surface area contributed by atoms with Gasteiger partial charge in [-0.3, -0.25) is 0 Å². The predicted octanol–water partition coefficient (Wildman–Crippen LogP) is 5.79. The van der Waals surface area contributed by atoms with Gasteiger partial charge in [-0.05, 0) is 53.9 Å². The standard InChI is InChI=1S/C22H19FN2OS/c1-2-16-5-7-17(8-6-16)21-15-27-22(24-19-11-9-18(23)10-12-19)25(21)14-20-4-3-13-26-20/h3-13,15H,2,14H2,1H3. The Labute approximate surface area is 161 Å². The topological polar surface area (TPSA) is 30.4 Å². The Hall–Kier alpha value is -2.92. The lowest BCUT2D eigenvalue weighted by molar-refractivity contribution is 0.492. The van der Waals surface area contributed by atoms with Gasteiger partial charge in [0.15, 0.2) is 4.80 Å². The zero-order valence-electron chi connectivity index (χ0n) is 14.9. The summed E-state index contributed by atoms with van der Waals surface area (Å²) in [5.74, 6) is 0.598. The lowest BCUT2D eigenvalue weighted by Crippen LogP contribution is -2.16. The van der Waals surface area contributed by atoms with Gasteiger partial charge in [-0.15, -0.1) is 11.3 Å². The first-order chi connectivity index (χ1) is 13.2. The van der Waals surface area contributed by atoms with E-state index in [1.165, 1.54) is 17.7 Å². The summed E-state index contributed by atoms with van der Waals surface area (Å²) in [6.45, 7) is 2.73. The predicted molar refractivity (Wildman–Crippen MR) is 107 cm³/mol. The highest BCUT2D eigenvalue weighted by Gasteiger charge is 2.10. The second-order valence-corrected chi connectivity index (χ2v) is 7.04. The third-order valence-corrected chi connectivity index (χ3v) is 5.26. The zero-order chi connectivity index (χ0) is 18.6. The molecule has 0 aliphatic heterocycles. The Morgan fingerprint density at radius 1 is 1.04 bits per heavy atom. The molecule has 0 fully saturated rings. The third-order valence-electron chi connectivity index (χ3n) is 4.40. The molecular weight excluding hydrogens is 359 g/mol. The first-order valence-electron chi connectivity index (χ1n) is 8.83. The maximum atomic E-state index is 13.2. The smallest absolute Gasteiger partial charge is 0.190 e. The van der Waals surface area contributed by atoms with Gasteiger partial charge in [-0.25, -0.2) is 9.38 Å². The van der Waals surface area contributed by atoms with Crippen LogP contribution < -0.4 is 4.80 Å². The quantitative estimate of drug-likeness (QED) is 0.432. The molecule has 0 unspecified atom stereocenters. The summed E-state index contributed by atoms with van der Waals surface area (Å²) in [5.41, 5.74) is 4.25. The Bertz CT molecular complexity index is 1070. The van der Waals surface area contributed by atoms with Gasteiger partial charge in [0.2, 0.25) is 0 Å². The van der Waals surface area contributed by atoms with E-state index in [0.717, 1.165) is 33.9 Å². The van der Waals surface area contributed by atoms with Gasteiger partial charge in [-0.2, -0.15) is 0 Å². The van der Waals surface area contributed by atoms with Crippen LogP contribution in [0.15, 0.2) is 81.7 Å². The van der Waals surface area contributed by atoms with Crippen LogP contribution in [0.5, 0.6) is 0 Å². The van der Waals surface area contributed by atoms with Crippen molar-refractivity contribution in [2.45, 2.75) is 19.9 Å². The summed E-state index contributed by atoms with van der Waals surface area (Å²) < 4.78 is 20.9. The molecule has 0 bridgehead atoms. The summed E-state index contributed by atoms with van der Waals surface area (Å²) in [4.78, 5) is 5.56. The number of rotatable bonds is 5. The van der Waals surface area contributed by atoms with Crippen LogP contribution in [0.3, 0.4) is 0 Å². The minimum atomic E-state index is -0.264. The maximum absolute atomic E-state index is 13.2. The third kappa shape index (κ3) is 3.93. The maximum Gasteiger partial charge on any atom is 0.190 e. The van der Waals surface area contributed by atoms with Crippen molar-refractivity contribution in [2.75, 3.05) is 0 Å². The fraction of sp³-hybridized carbons (Fsp3) is 0.136. The minimum absolute atomic E-state index is 0.264. The van der Waals surface area contributed by atoms with Crippen molar-refractivity contribution in [3.63, 3.8) is 0 Å². The van der Waals surface area contributed by atoms with Crippen molar-refractivity contribution in [2.24, 2.45) is 4.99 Å². The van der Waals surface area contributed by atoms with E-state index in [0.29, 0.717) is 6.54 Å². The van der Waals surface area contributed by atoms with Crippen LogP contribution in [0, 0.1) is 5.82 Å². The monoisotopic (exact) mass is 378 g/mol. The van der Waals surface area contributed by atoms with Crippen molar-refractivity contribution in [1.82, 2.24) is 4.57 Å².